The molecule has 0 fully saturated rings. The van der Waals surface area contributed by atoms with E-state index >= 15 is 0 Å². The molecule has 0 heterocycles. The van der Waals surface area contributed by atoms with Gasteiger partial charge in [0.1, 0.15) is 0 Å². The second-order valence-corrected chi connectivity index (χ2v) is 17.6. The molecule has 3 aromatic carbocycles. The van der Waals surface area contributed by atoms with Gasteiger partial charge in [0, 0.05) is 5.41 Å². The van der Waals surface area contributed by atoms with Gasteiger partial charge in [-0.3, -0.25) is 0 Å². The maximum Gasteiger partial charge on any atom is 0.0786 e. The van der Waals surface area contributed by atoms with Gasteiger partial charge in [-0.05, 0) is 74.5 Å². The number of nitrogens with zero attached hydrogens (tertiary/aromatic N) is 2. The Balaban J connectivity index is 0.000000459. The molecule has 5 heteroatoms. The van der Waals surface area contributed by atoms with Crippen LogP contribution in [0.3, 0.4) is 0 Å². The van der Waals surface area contributed by atoms with Crippen LogP contribution in [0, 0.1) is 0 Å². The van der Waals surface area contributed by atoms with Gasteiger partial charge in [-0.25, -0.2) is 0 Å². The summed E-state index contributed by atoms with van der Waals surface area (Å²) < 4.78 is 2.84. The lowest BCUT2D eigenvalue weighted by molar-refractivity contribution is -0.929. The van der Waals surface area contributed by atoms with Crippen LogP contribution in [0.4, 0.5) is 0 Å². The lowest BCUT2D eigenvalue weighted by Gasteiger charge is -2.39. The number of hydrogen-bond acceptors (Lipinski definition) is 2. The number of benzene rings is 3. The lowest BCUT2D eigenvalue weighted by Crippen LogP contribution is -2.50. The summed E-state index contributed by atoms with van der Waals surface area (Å²) in [6, 6.07) is 31.1. The molecule has 0 spiro atoms. The van der Waals surface area contributed by atoms with Crippen LogP contribution in [0.25, 0.3) is 0 Å². The Bertz CT molecular complexity index is 1130. The Labute approximate surface area is 367 Å². The maximum absolute atomic E-state index is 11.1. The predicted octanol–water partition coefficient (Wildman–Crippen LogP) is 13.0. The van der Waals surface area contributed by atoms with Crippen molar-refractivity contribution in [1.82, 2.24) is 0 Å². The molecule has 4 nitrogen and oxygen atoms in total. The molecular weight excluding hydrogens is 719 g/mol. The van der Waals surface area contributed by atoms with Gasteiger partial charge in [-0.15, -0.1) is 13.4 Å². The van der Waals surface area contributed by atoms with Crippen molar-refractivity contribution in [2.24, 2.45) is 0 Å². The second-order valence-electron chi connectivity index (χ2n) is 17.6. The Morgan fingerprint density at radius 3 is 0.763 bits per heavy atom. The summed E-state index contributed by atoms with van der Waals surface area (Å²) in [5, 5.41) is 22.1. The highest BCUT2D eigenvalue weighted by atomic mass is 16.4. The summed E-state index contributed by atoms with van der Waals surface area (Å²) >= 11 is 0. The smallest absolute Gasteiger partial charge is 0.0786 e. The van der Waals surface area contributed by atoms with Crippen molar-refractivity contribution >= 4 is 7.12 Å². The van der Waals surface area contributed by atoms with Crippen LogP contribution in [0.2, 0.25) is 6.32 Å². The fraction of sp³-hybridized carbons (Fsp3) is 0.667. The van der Waals surface area contributed by atoms with E-state index in [1.807, 2.05) is 54.6 Å². The highest BCUT2D eigenvalue weighted by Gasteiger charge is 2.35. The van der Waals surface area contributed by atoms with E-state index in [1.54, 1.807) is 0 Å². The molecule has 334 valence electrons. The van der Waals surface area contributed by atoms with Gasteiger partial charge in [0.15, 0.2) is 0 Å². The van der Waals surface area contributed by atoms with Crippen molar-refractivity contribution in [3.8, 4) is 0 Å². The third kappa shape index (κ3) is 21.3. The number of unbranched alkanes of at least 4 members (excludes halogenated alkanes) is 8. The van der Waals surface area contributed by atoms with Gasteiger partial charge in [0.2, 0.25) is 0 Å². The van der Waals surface area contributed by atoms with Crippen LogP contribution in [-0.4, -0.2) is 68.4 Å². The topological polar surface area (TPSA) is 46.1 Å². The minimum Gasteiger partial charge on any atom is -0.893 e. The Kier molecular flexibility index (Phi) is 31.6. The first-order valence-corrected chi connectivity index (χ1v) is 24.9. The standard InChI is InChI=1S/C22H21BO2.2C16H36N/c24-23(25)18-10-17-22(19-11-4-1-5-12-19,20-13-6-2-7-14-20)21-15-8-3-9-16-21;2*1-5-9-13-17(14-10-6-2,15-11-7-3)16-12-8-4/h1-9,11-16H,10,17-18H2;2*5-16H2,1-4H3/q-2;2*+1. The molecular formula is C54H93BN2O2. The van der Waals surface area contributed by atoms with Crippen molar-refractivity contribution in [3.63, 3.8) is 0 Å². The summed E-state index contributed by atoms with van der Waals surface area (Å²) in [5.41, 5.74) is 3.18. The first kappa shape index (κ1) is 54.6. The molecule has 0 aliphatic rings. The normalized spacial score (nSPS) is 11.7. The van der Waals surface area contributed by atoms with E-state index < -0.39 is 7.12 Å². The van der Waals surface area contributed by atoms with Crippen molar-refractivity contribution in [3.05, 3.63) is 108 Å². The molecule has 59 heavy (non-hydrogen) atoms. The fourth-order valence-electron chi connectivity index (χ4n) is 8.92. The quantitative estimate of drug-likeness (QED) is 0.0369. The van der Waals surface area contributed by atoms with Gasteiger partial charge >= 0.3 is 0 Å². The van der Waals surface area contributed by atoms with Crippen molar-refractivity contribution in [2.75, 3.05) is 52.4 Å². The Hall–Kier alpha value is -2.44. The largest absolute Gasteiger partial charge is 0.893 e. The zero-order chi connectivity index (χ0) is 43.5. The zero-order valence-electron chi connectivity index (χ0n) is 40.0. The highest BCUT2D eigenvalue weighted by molar-refractivity contribution is 6.36. The molecule has 0 N–H and O–H groups in total. The highest BCUT2D eigenvalue weighted by Crippen LogP contribution is 2.43. The molecule has 0 bridgehead atoms. The number of hydrogen-bond donors (Lipinski definition) is 0. The van der Waals surface area contributed by atoms with Crippen LogP contribution in [0.1, 0.15) is 188 Å². The van der Waals surface area contributed by atoms with Gasteiger partial charge in [0.25, 0.3) is 0 Å². The minimum atomic E-state index is -1.76. The molecule has 0 aliphatic carbocycles. The van der Waals surface area contributed by atoms with Gasteiger partial charge in [-0.2, -0.15) is 0 Å². The Morgan fingerprint density at radius 2 is 0.576 bits per heavy atom. The van der Waals surface area contributed by atoms with Crippen LogP contribution >= 0.6 is 0 Å². The van der Waals surface area contributed by atoms with E-state index in [4.69, 9.17) is 0 Å². The average molecular weight is 813 g/mol. The second kappa shape index (κ2) is 34.2. The van der Waals surface area contributed by atoms with Gasteiger partial charge in [-0.1, -0.05) is 204 Å². The molecule has 0 amide bonds. The van der Waals surface area contributed by atoms with Crippen molar-refractivity contribution in [2.45, 2.75) is 183 Å². The van der Waals surface area contributed by atoms with Crippen LogP contribution in [0.5, 0.6) is 0 Å². The monoisotopic (exact) mass is 813 g/mol. The molecule has 0 atom stereocenters. The summed E-state index contributed by atoms with van der Waals surface area (Å²) in [5.74, 6) is 0. The number of rotatable bonds is 31. The maximum atomic E-state index is 11.1. The lowest BCUT2D eigenvalue weighted by atomic mass is 9.65. The first-order chi connectivity index (χ1) is 28.7. The van der Waals surface area contributed by atoms with E-state index in [0.29, 0.717) is 6.42 Å². The van der Waals surface area contributed by atoms with E-state index in [-0.39, 0.29) is 11.7 Å². The van der Waals surface area contributed by atoms with Gasteiger partial charge < -0.3 is 19.0 Å². The molecule has 3 aromatic rings. The predicted molar refractivity (Wildman–Crippen MR) is 258 cm³/mol. The summed E-state index contributed by atoms with van der Waals surface area (Å²) in [4.78, 5) is 0. The summed E-state index contributed by atoms with van der Waals surface area (Å²) in [6.07, 6.45) is 23.6. The van der Waals surface area contributed by atoms with E-state index in [2.05, 4.69) is 91.8 Å². The molecule has 3 rings (SSSR count). The van der Waals surface area contributed by atoms with Gasteiger partial charge in [0.05, 0.1) is 52.4 Å². The van der Waals surface area contributed by atoms with E-state index in [9.17, 15) is 10.0 Å². The molecule has 0 saturated carbocycles. The van der Waals surface area contributed by atoms with Crippen molar-refractivity contribution < 1.29 is 19.0 Å². The molecule has 0 radical (unpaired) electrons. The third-order valence-corrected chi connectivity index (χ3v) is 12.7. The van der Waals surface area contributed by atoms with E-state index in [1.165, 1.54) is 181 Å². The minimum absolute atomic E-state index is 0.147. The Morgan fingerprint density at radius 1 is 0.356 bits per heavy atom. The van der Waals surface area contributed by atoms with E-state index in [0.717, 1.165) is 6.42 Å². The van der Waals surface area contributed by atoms with Crippen LogP contribution in [0.15, 0.2) is 91.0 Å². The molecule has 0 aliphatic heterocycles. The van der Waals surface area contributed by atoms with Crippen LogP contribution < -0.4 is 10.0 Å². The SMILES string of the molecule is CCCC[N+](CCCC)(CCCC)CCCC.CCCC[N+](CCCC)(CCCC)CCCC.[O-]B([O-])CCCC(c1ccccc1)(c1ccccc1)c1ccccc1. The number of quaternary nitrogens is 2. The zero-order valence-corrected chi connectivity index (χ0v) is 40.0. The first-order valence-electron chi connectivity index (χ1n) is 24.9. The molecule has 0 aromatic heterocycles. The molecule has 0 saturated heterocycles. The third-order valence-electron chi connectivity index (χ3n) is 12.7. The van der Waals surface area contributed by atoms with Crippen molar-refractivity contribution in [1.29, 1.82) is 0 Å². The average Bonchev–Trinajstić information content (AvgIpc) is 3.28. The summed E-state index contributed by atoms with van der Waals surface area (Å²) in [6.45, 7) is 30.0. The fourth-order valence-corrected chi connectivity index (χ4v) is 8.92. The summed E-state index contributed by atoms with van der Waals surface area (Å²) in [7, 11) is -1.76. The molecule has 0 unspecified atom stereocenters. The van der Waals surface area contributed by atoms with Crippen LogP contribution in [-0.2, 0) is 5.41 Å².